The van der Waals surface area contributed by atoms with Crippen LogP contribution in [0.25, 0.3) is 0 Å². The highest BCUT2D eigenvalue weighted by Gasteiger charge is 2.36. The first kappa shape index (κ1) is 15.6. The molecule has 1 aliphatic heterocycles. The molecular weight excluding hydrogens is 296 g/mol. The molecule has 2 aromatic rings. The highest BCUT2D eigenvalue weighted by atomic mass is 16.5. The van der Waals surface area contributed by atoms with Gasteiger partial charge in [-0.1, -0.05) is 18.2 Å². The average molecular weight is 316 g/mol. The lowest BCUT2D eigenvalue weighted by Crippen LogP contribution is -2.24. The number of phenolic OH excluding ortho intramolecular Hbond substituents is 1. The molecule has 3 unspecified atom stereocenters. The molecule has 0 aromatic heterocycles. The summed E-state index contributed by atoms with van der Waals surface area (Å²) in [6.07, 6.45) is -1.60. The zero-order chi connectivity index (χ0) is 16.6. The molecular formula is C18H20O5. The van der Waals surface area contributed by atoms with Gasteiger partial charge in [0.15, 0.2) is 11.5 Å². The van der Waals surface area contributed by atoms with E-state index in [1.54, 1.807) is 44.6 Å². The van der Waals surface area contributed by atoms with Crippen LogP contribution in [0.4, 0.5) is 0 Å². The molecule has 3 rings (SSSR count). The van der Waals surface area contributed by atoms with Gasteiger partial charge in [0.2, 0.25) is 0 Å². The zero-order valence-corrected chi connectivity index (χ0v) is 13.3. The summed E-state index contributed by atoms with van der Waals surface area (Å²) in [7, 11) is 3.15. The number of aromatic hydroxyl groups is 1. The van der Waals surface area contributed by atoms with E-state index in [2.05, 4.69) is 0 Å². The maximum atomic E-state index is 10.8. The molecule has 0 bridgehead atoms. The van der Waals surface area contributed by atoms with Crippen LogP contribution in [0.15, 0.2) is 36.4 Å². The van der Waals surface area contributed by atoms with Crippen molar-refractivity contribution in [3.63, 3.8) is 0 Å². The van der Waals surface area contributed by atoms with E-state index < -0.39 is 12.2 Å². The number of phenols is 1. The largest absolute Gasteiger partial charge is 0.508 e. The Labute approximate surface area is 135 Å². The molecule has 0 saturated heterocycles. The Morgan fingerprint density at radius 2 is 1.70 bits per heavy atom. The van der Waals surface area contributed by atoms with Gasteiger partial charge in [-0.05, 0) is 36.2 Å². The number of ether oxygens (including phenoxy) is 3. The Bertz CT molecular complexity index is 695. The third-order valence-corrected chi connectivity index (χ3v) is 4.20. The Morgan fingerprint density at radius 3 is 2.30 bits per heavy atom. The molecule has 0 amide bonds. The summed E-state index contributed by atoms with van der Waals surface area (Å²) in [4.78, 5) is 0. The number of hydrogen-bond donors (Lipinski definition) is 2. The Kier molecular flexibility index (Phi) is 4.15. The summed E-state index contributed by atoms with van der Waals surface area (Å²) in [5.41, 5.74) is 2.37. The third kappa shape index (κ3) is 2.62. The van der Waals surface area contributed by atoms with Gasteiger partial charge in [-0.25, -0.2) is 0 Å². The minimum Gasteiger partial charge on any atom is -0.508 e. The fourth-order valence-electron chi connectivity index (χ4n) is 3.09. The van der Waals surface area contributed by atoms with Gasteiger partial charge >= 0.3 is 0 Å². The summed E-state index contributed by atoms with van der Waals surface area (Å²) in [5, 5.41) is 20.2. The van der Waals surface area contributed by atoms with Gasteiger partial charge in [0.05, 0.1) is 20.3 Å². The van der Waals surface area contributed by atoms with Crippen LogP contribution in [-0.2, 0) is 4.74 Å². The van der Waals surface area contributed by atoms with Gasteiger partial charge in [0, 0.05) is 5.56 Å². The number of fused-ring (bicyclic) bond motifs is 1. The number of benzene rings is 2. The van der Waals surface area contributed by atoms with E-state index in [-0.39, 0.29) is 11.9 Å². The molecule has 2 N–H and O–H groups in total. The van der Waals surface area contributed by atoms with Crippen molar-refractivity contribution in [2.24, 2.45) is 0 Å². The van der Waals surface area contributed by atoms with Crippen molar-refractivity contribution in [2.75, 3.05) is 14.2 Å². The molecule has 1 aliphatic rings. The van der Waals surface area contributed by atoms with Crippen molar-refractivity contribution < 1.29 is 24.4 Å². The van der Waals surface area contributed by atoms with Crippen molar-refractivity contribution in [1.29, 1.82) is 0 Å². The Hall–Kier alpha value is -2.24. The molecule has 0 aliphatic carbocycles. The normalized spacial score (nSPS) is 23.2. The minimum absolute atomic E-state index is 0.180. The van der Waals surface area contributed by atoms with Gasteiger partial charge in [0.1, 0.15) is 18.0 Å². The van der Waals surface area contributed by atoms with E-state index in [0.717, 1.165) is 16.7 Å². The first-order valence-corrected chi connectivity index (χ1v) is 7.44. The fraction of sp³-hybridized carbons (Fsp3) is 0.333. The molecule has 0 fully saturated rings. The van der Waals surface area contributed by atoms with Crippen LogP contribution >= 0.6 is 0 Å². The monoisotopic (exact) mass is 316 g/mol. The first-order valence-electron chi connectivity index (χ1n) is 7.44. The van der Waals surface area contributed by atoms with Gasteiger partial charge in [-0.3, -0.25) is 0 Å². The minimum atomic E-state index is -0.828. The number of hydrogen-bond acceptors (Lipinski definition) is 5. The molecule has 0 saturated carbocycles. The molecule has 5 nitrogen and oxygen atoms in total. The average Bonchev–Trinajstić information content (AvgIpc) is 2.57. The highest BCUT2D eigenvalue weighted by Crippen LogP contribution is 2.49. The zero-order valence-electron chi connectivity index (χ0n) is 13.3. The smallest absolute Gasteiger partial charge is 0.166 e. The van der Waals surface area contributed by atoms with Crippen molar-refractivity contribution in [1.82, 2.24) is 0 Å². The lowest BCUT2D eigenvalue weighted by Gasteiger charge is -2.36. The summed E-state index contributed by atoms with van der Waals surface area (Å²) in [5.74, 6) is 1.37. The van der Waals surface area contributed by atoms with E-state index in [9.17, 15) is 10.2 Å². The van der Waals surface area contributed by atoms with E-state index in [0.29, 0.717) is 11.5 Å². The van der Waals surface area contributed by atoms with Crippen LogP contribution in [0.2, 0.25) is 0 Å². The van der Waals surface area contributed by atoms with Crippen molar-refractivity contribution in [3.8, 4) is 17.2 Å². The number of aliphatic hydroxyl groups is 1. The SMILES string of the molecule is COc1ccc2c(c1OC)C(C)OC(c1ccc(O)cc1)C2O. The highest BCUT2D eigenvalue weighted by molar-refractivity contribution is 5.54. The summed E-state index contributed by atoms with van der Waals surface area (Å²) in [6.45, 7) is 1.92. The van der Waals surface area contributed by atoms with Crippen molar-refractivity contribution in [2.45, 2.75) is 25.2 Å². The van der Waals surface area contributed by atoms with E-state index in [1.807, 2.05) is 13.0 Å². The molecule has 5 heteroatoms. The lowest BCUT2D eigenvalue weighted by atomic mass is 9.88. The maximum absolute atomic E-state index is 10.8. The predicted octanol–water partition coefficient (Wildman–Crippen LogP) is 3.28. The van der Waals surface area contributed by atoms with Crippen LogP contribution in [0.5, 0.6) is 17.2 Å². The molecule has 3 atom stereocenters. The summed E-state index contributed by atoms with van der Waals surface area (Å²) >= 11 is 0. The first-order chi connectivity index (χ1) is 11.1. The number of aliphatic hydroxyl groups excluding tert-OH is 1. The third-order valence-electron chi connectivity index (χ3n) is 4.20. The van der Waals surface area contributed by atoms with Crippen LogP contribution in [0.1, 0.15) is 41.9 Å². The second-order valence-electron chi connectivity index (χ2n) is 5.54. The van der Waals surface area contributed by atoms with Gasteiger partial charge in [-0.15, -0.1) is 0 Å². The number of rotatable bonds is 3. The van der Waals surface area contributed by atoms with E-state index >= 15 is 0 Å². The van der Waals surface area contributed by atoms with Gasteiger partial charge in [-0.2, -0.15) is 0 Å². The van der Waals surface area contributed by atoms with Gasteiger partial charge in [0.25, 0.3) is 0 Å². The van der Waals surface area contributed by atoms with Crippen molar-refractivity contribution in [3.05, 3.63) is 53.1 Å². The van der Waals surface area contributed by atoms with Crippen LogP contribution < -0.4 is 9.47 Å². The molecule has 1 heterocycles. The lowest BCUT2D eigenvalue weighted by molar-refractivity contribution is -0.0943. The molecule has 122 valence electrons. The summed E-state index contributed by atoms with van der Waals surface area (Å²) in [6, 6.07) is 10.3. The van der Waals surface area contributed by atoms with Gasteiger partial charge < -0.3 is 24.4 Å². The molecule has 0 spiro atoms. The molecule has 0 radical (unpaired) electrons. The molecule has 23 heavy (non-hydrogen) atoms. The second kappa shape index (κ2) is 6.10. The maximum Gasteiger partial charge on any atom is 0.166 e. The Balaban J connectivity index is 2.06. The fourth-order valence-corrected chi connectivity index (χ4v) is 3.09. The number of methoxy groups -OCH3 is 2. The van der Waals surface area contributed by atoms with Crippen LogP contribution in [-0.4, -0.2) is 24.4 Å². The second-order valence-corrected chi connectivity index (χ2v) is 5.54. The van der Waals surface area contributed by atoms with Crippen LogP contribution in [0.3, 0.4) is 0 Å². The quantitative estimate of drug-likeness (QED) is 0.909. The topological polar surface area (TPSA) is 68.2 Å². The van der Waals surface area contributed by atoms with E-state index in [1.165, 1.54) is 0 Å². The van der Waals surface area contributed by atoms with Crippen LogP contribution in [0, 0.1) is 0 Å². The summed E-state index contributed by atoms with van der Waals surface area (Å²) < 4.78 is 16.8. The Morgan fingerprint density at radius 1 is 1.00 bits per heavy atom. The molecule has 2 aromatic carbocycles. The van der Waals surface area contributed by atoms with E-state index in [4.69, 9.17) is 14.2 Å². The van der Waals surface area contributed by atoms with Crippen molar-refractivity contribution >= 4 is 0 Å². The standard InChI is InChI=1S/C18H20O5/c1-10-15-13(8-9-14(21-2)18(15)22-3)16(20)17(23-10)11-4-6-12(19)7-5-11/h4-10,16-17,19-20H,1-3H3. The predicted molar refractivity (Wildman–Crippen MR) is 84.9 cm³/mol.